The molecule has 1 saturated heterocycles. The lowest BCUT2D eigenvalue weighted by atomic mass is 9.85. The van der Waals surface area contributed by atoms with E-state index in [4.69, 9.17) is 0 Å². The van der Waals surface area contributed by atoms with Crippen molar-refractivity contribution in [2.75, 3.05) is 19.6 Å². The first-order valence-corrected chi connectivity index (χ1v) is 8.63. The van der Waals surface area contributed by atoms with E-state index in [-0.39, 0.29) is 5.91 Å². The number of hydrogen-bond acceptors (Lipinski definition) is 3. The van der Waals surface area contributed by atoms with Gasteiger partial charge >= 0.3 is 0 Å². The van der Waals surface area contributed by atoms with Crippen molar-refractivity contribution in [1.82, 2.24) is 20.6 Å². The molecule has 2 heterocycles. The highest BCUT2D eigenvalue weighted by atomic mass is 16.1. The van der Waals surface area contributed by atoms with E-state index in [1.54, 1.807) is 0 Å². The van der Waals surface area contributed by atoms with Gasteiger partial charge in [-0.05, 0) is 49.9 Å². The van der Waals surface area contributed by atoms with Gasteiger partial charge in [0.05, 0.1) is 11.0 Å². The first-order chi connectivity index (χ1) is 11.2. The Morgan fingerprint density at radius 1 is 1.43 bits per heavy atom. The van der Waals surface area contributed by atoms with E-state index in [0.717, 1.165) is 36.4 Å². The Bertz CT molecular complexity index is 612. The van der Waals surface area contributed by atoms with Gasteiger partial charge in [0.1, 0.15) is 5.82 Å². The second kappa shape index (κ2) is 7.59. The van der Waals surface area contributed by atoms with Crippen LogP contribution in [0.4, 0.5) is 0 Å². The maximum Gasteiger partial charge on any atom is 0.220 e. The van der Waals surface area contributed by atoms with Crippen molar-refractivity contribution in [3.63, 3.8) is 0 Å². The minimum absolute atomic E-state index is 0.152. The molecule has 0 radical (unpaired) electrons. The molecular formula is C18H26N4O. The smallest absolute Gasteiger partial charge is 0.220 e. The van der Waals surface area contributed by atoms with Crippen LogP contribution in [0.15, 0.2) is 24.3 Å². The molecule has 0 bridgehead atoms. The summed E-state index contributed by atoms with van der Waals surface area (Å²) >= 11 is 0. The van der Waals surface area contributed by atoms with Gasteiger partial charge in [-0.15, -0.1) is 0 Å². The molecule has 2 atom stereocenters. The molecule has 0 saturated carbocycles. The molecule has 0 spiro atoms. The first-order valence-electron chi connectivity index (χ1n) is 8.63. The average Bonchev–Trinajstić information content (AvgIpc) is 2.98. The molecule has 23 heavy (non-hydrogen) atoms. The van der Waals surface area contributed by atoms with Crippen LogP contribution in [0.3, 0.4) is 0 Å². The number of carbonyl (C=O) groups is 1. The summed E-state index contributed by atoms with van der Waals surface area (Å²) in [6.45, 7) is 4.99. The van der Waals surface area contributed by atoms with Crippen LogP contribution >= 0.6 is 0 Å². The maximum absolute atomic E-state index is 12.1. The molecule has 1 aliphatic rings. The van der Waals surface area contributed by atoms with Crippen molar-refractivity contribution in [2.45, 2.75) is 32.6 Å². The number of imidazole rings is 1. The molecular weight excluding hydrogens is 288 g/mol. The fourth-order valence-electron chi connectivity index (χ4n) is 3.34. The quantitative estimate of drug-likeness (QED) is 0.766. The summed E-state index contributed by atoms with van der Waals surface area (Å²) < 4.78 is 0. The summed E-state index contributed by atoms with van der Waals surface area (Å²) in [5.74, 6) is 2.15. The number of hydrogen-bond donors (Lipinski definition) is 3. The van der Waals surface area contributed by atoms with Gasteiger partial charge in [0.25, 0.3) is 0 Å². The number of aromatic nitrogens is 2. The number of aromatic amines is 1. The van der Waals surface area contributed by atoms with Gasteiger partial charge in [0, 0.05) is 19.4 Å². The maximum atomic E-state index is 12.1. The second-order valence-corrected chi connectivity index (χ2v) is 6.59. The van der Waals surface area contributed by atoms with E-state index in [1.165, 1.54) is 12.8 Å². The summed E-state index contributed by atoms with van der Waals surface area (Å²) in [6.07, 6.45) is 3.81. The van der Waals surface area contributed by atoms with E-state index in [0.29, 0.717) is 24.8 Å². The van der Waals surface area contributed by atoms with Crippen molar-refractivity contribution in [2.24, 2.45) is 11.8 Å². The Balaban J connectivity index is 1.41. The Labute approximate surface area is 137 Å². The molecule has 1 aliphatic heterocycles. The number of carbonyl (C=O) groups excluding carboxylic acids is 1. The number of amides is 1. The predicted molar refractivity (Wildman–Crippen MR) is 92.2 cm³/mol. The van der Waals surface area contributed by atoms with Gasteiger partial charge < -0.3 is 15.6 Å². The third-order valence-corrected chi connectivity index (χ3v) is 4.77. The standard InChI is InChI=1S/C18H26N4O/c1-13(14-5-4-9-19-12-14)11-18(23)20-10-8-17-21-15-6-2-3-7-16(15)22-17/h2-3,6-7,13-14,19H,4-5,8-12H2,1H3,(H,20,23)(H,21,22). The molecule has 0 aliphatic carbocycles. The lowest BCUT2D eigenvalue weighted by Gasteiger charge is -2.28. The molecule has 1 amide bonds. The monoisotopic (exact) mass is 314 g/mol. The van der Waals surface area contributed by atoms with Crippen molar-refractivity contribution in [3.8, 4) is 0 Å². The number of rotatable bonds is 6. The normalized spacial score (nSPS) is 19.6. The van der Waals surface area contributed by atoms with E-state index in [2.05, 4.69) is 27.5 Å². The molecule has 5 nitrogen and oxygen atoms in total. The van der Waals surface area contributed by atoms with Crippen molar-refractivity contribution in [1.29, 1.82) is 0 Å². The van der Waals surface area contributed by atoms with Crippen LogP contribution in [0.1, 0.15) is 32.0 Å². The van der Waals surface area contributed by atoms with E-state index >= 15 is 0 Å². The van der Waals surface area contributed by atoms with Crippen LogP contribution in [0.25, 0.3) is 11.0 Å². The average molecular weight is 314 g/mol. The number of nitrogens with one attached hydrogen (secondary N) is 3. The molecule has 1 aromatic carbocycles. The highest BCUT2D eigenvalue weighted by Gasteiger charge is 2.21. The van der Waals surface area contributed by atoms with E-state index in [1.807, 2.05) is 24.3 Å². The van der Waals surface area contributed by atoms with E-state index < -0.39 is 0 Å². The summed E-state index contributed by atoms with van der Waals surface area (Å²) in [7, 11) is 0. The van der Waals surface area contributed by atoms with E-state index in [9.17, 15) is 4.79 Å². The minimum atomic E-state index is 0.152. The summed E-state index contributed by atoms with van der Waals surface area (Å²) in [4.78, 5) is 19.9. The van der Waals surface area contributed by atoms with Crippen molar-refractivity contribution >= 4 is 16.9 Å². The number of piperidine rings is 1. The fourth-order valence-corrected chi connectivity index (χ4v) is 3.34. The zero-order valence-electron chi connectivity index (χ0n) is 13.8. The van der Waals surface area contributed by atoms with Crippen LogP contribution in [0.5, 0.6) is 0 Å². The number of benzene rings is 1. The molecule has 2 unspecified atom stereocenters. The lowest BCUT2D eigenvalue weighted by molar-refractivity contribution is -0.122. The van der Waals surface area contributed by atoms with Crippen LogP contribution in [-0.4, -0.2) is 35.5 Å². The number of nitrogens with zero attached hydrogens (tertiary/aromatic N) is 1. The minimum Gasteiger partial charge on any atom is -0.356 e. The van der Waals surface area contributed by atoms with Gasteiger partial charge in [-0.2, -0.15) is 0 Å². The molecule has 1 aromatic heterocycles. The van der Waals surface area contributed by atoms with Crippen LogP contribution in [-0.2, 0) is 11.2 Å². The highest BCUT2D eigenvalue weighted by molar-refractivity contribution is 5.76. The van der Waals surface area contributed by atoms with Gasteiger partial charge in [-0.3, -0.25) is 4.79 Å². The Hall–Kier alpha value is -1.88. The molecule has 124 valence electrons. The summed E-state index contributed by atoms with van der Waals surface area (Å²) in [6, 6.07) is 7.99. The number of fused-ring (bicyclic) bond motifs is 1. The van der Waals surface area contributed by atoms with Gasteiger partial charge in [0.2, 0.25) is 5.91 Å². The Morgan fingerprint density at radius 2 is 2.30 bits per heavy atom. The molecule has 1 fully saturated rings. The molecule has 3 rings (SSSR count). The Kier molecular flexibility index (Phi) is 5.28. The van der Waals surface area contributed by atoms with Gasteiger partial charge in [0.15, 0.2) is 0 Å². The SMILES string of the molecule is CC(CC(=O)NCCc1nc2ccccc2[nH]1)C1CCCNC1. The number of H-pyrrole nitrogens is 1. The molecule has 2 aromatic rings. The topological polar surface area (TPSA) is 69.8 Å². The van der Waals surface area contributed by atoms with Crippen LogP contribution in [0, 0.1) is 11.8 Å². The van der Waals surface area contributed by atoms with Crippen molar-refractivity contribution in [3.05, 3.63) is 30.1 Å². The first kappa shape index (κ1) is 16.0. The van der Waals surface area contributed by atoms with Gasteiger partial charge in [-0.25, -0.2) is 4.98 Å². The molecule has 5 heteroatoms. The third-order valence-electron chi connectivity index (χ3n) is 4.77. The predicted octanol–water partition coefficient (Wildman–Crippen LogP) is 2.25. The fraction of sp³-hybridized carbons (Fsp3) is 0.556. The van der Waals surface area contributed by atoms with Crippen LogP contribution in [0.2, 0.25) is 0 Å². The third kappa shape index (κ3) is 4.32. The lowest BCUT2D eigenvalue weighted by Crippen LogP contribution is -2.36. The van der Waals surface area contributed by atoms with Crippen molar-refractivity contribution < 1.29 is 4.79 Å². The highest BCUT2D eigenvalue weighted by Crippen LogP contribution is 2.22. The van der Waals surface area contributed by atoms with Gasteiger partial charge in [-0.1, -0.05) is 19.1 Å². The second-order valence-electron chi connectivity index (χ2n) is 6.59. The summed E-state index contributed by atoms with van der Waals surface area (Å²) in [5.41, 5.74) is 2.03. The largest absolute Gasteiger partial charge is 0.356 e. The Morgan fingerprint density at radius 3 is 3.09 bits per heavy atom. The molecule has 3 N–H and O–H groups in total. The number of para-hydroxylation sites is 2. The zero-order valence-corrected chi connectivity index (χ0v) is 13.8. The summed E-state index contributed by atoms with van der Waals surface area (Å²) in [5, 5.41) is 6.45. The zero-order chi connectivity index (χ0) is 16.1. The van der Waals surface area contributed by atoms with Crippen LogP contribution < -0.4 is 10.6 Å².